The molecule has 0 aliphatic heterocycles. The first kappa shape index (κ1) is 10.2. The Balaban J connectivity index is 2.78. The van der Waals surface area contributed by atoms with Crippen molar-refractivity contribution in [2.45, 2.75) is 6.92 Å². The van der Waals surface area contributed by atoms with E-state index in [1.165, 1.54) is 24.5 Å². The maximum absolute atomic E-state index is 10.9. The van der Waals surface area contributed by atoms with Crippen LogP contribution in [0.4, 0.5) is 5.69 Å². The Hall–Kier alpha value is -1.88. The minimum Gasteiger partial charge on any atom is -0.326 e. The van der Waals surface area contributed by atoms with Gasteiger partial charge >= 0.3 is 0 Å². The highest BCUT2D eigenvalue weighted by Crippen LogP contribution is 2.08. The van der Waals surface area contributed by atoms with Crippen LogP contribution in [0.5, 0.6) is 0 Å². The first-order chi connectivity index (χ1) is 6.63. The Labute approximate surface area is 80.7 Å². The molecule has 1 rings (SSSR count). The van der Waals surface area contributed by atoms with E-state index in [0.29, 0.717) is 11.3 Å². The topological polar surface area (TPSA) is 78.4 Å². The summed E-state index contributed by atoms with van der Waals surface area (Å²) in [5.41, 5.74) is 2.44. The Kier molecular flexibility index (Phi) is 3.19. The van der Waals surface area contributed by atoms with E-state index in [9.17, 15) is 9.59 Å². The summed E-state index contributed by atoms with van der Waals surface area (Å²) in [6.07, 6.45) is 0. The van der Waals surface area contributed by atoms with Gasteiger partial charge in [0.2, 0.25) is 5.91 Å². The fourth-order valence-electron chi connectivity index (χ4n) is 0.973. The smallest absolute Gasteiger partial charge is 0.274 e. The Morgan fingerprint density at radius 3 is 2.21 bits per heavy atom. The Morgan fingerprint density at radius 1 is 1.21 bits per heavy atom. The maximum Gasteiger partial charge on any atom is 0.274 e. The van der Waals surface area contributed by atoms with E-state index in [-0.39, 0.29) is 5.91 Å². The molecule has 5 heteroatoms. The minimum atomic E-state index is -0.584. The number of carbonyl (C=O) groups is 2. The van der Waals surface area contributed by atoms with E-state index in [1.807, 2.05) is 0 Å². The summed E-state index contributed by atoms with van der Waals surface area (Å²) in [5, 5.41) is 10.9. The summed E-state index contributed by atoms with van der Waals surface area (Å²) < 4.78 is 0. The predicted molar refractivity (Wildman–Crippen MR) is 50.0 cm³/mol. The lowest BCUT2D eigenvalue weighted by molar-refractivity contribution is -0.114. The molecule has 0 saturated heterocycles. The average molecular weight is 194 g/mol. The summed E-state index contributed by atoms with van der Waals surface area (Å²) >= 11 is 0. The first-order valence-corrected chi connectivity index (χ1v) is 3.95. The van der Waals surface area contributed by atoms with Crippen LogP contribution in [0.3, 0.4) is 0 Å². The quantitative estimate of drug-likeness (QED) is 0.480. The molecule has 0 aliphatic carbocycles. The zero-order chi connectivity index (χ0) is 10.6. The molecule has 5 nitrogen and oxygen atoms in total. The van der Waals surface area contributed by atoms with Crippen LogP contribution in [0.25, 0.3) is 0 Å². The molecule has 0 aromatic heterocycles. The lowest BCUT2D eigenvalue weighted by Crippen LogP contribution is -2.18. The molecule has 0 radical (unpaired) electrons. The van der Waals surface area contributed by atoms with Crippen LogP contribution in [0.2, 0.25) is 0 Å². The monoisotopic (exact) mass is 194 g/mol. The van der Waals surface area contributed by atoms with Gasteiger partial charge in [-0.25, -0.2) is 5.48 Å². The van der Waals surface area contributed by atoms with E-state index in [1.54, 1.807) is 12.1 Å². The lowest BCUT2D eigenvalue weighted by atomic mass is 10.2. The molecule has 0 aliphatic rings. The molecule has 0 spiro atoms. The fourth-order valence-corrected chi connectivity index (χ4v) is 0.973. The molecular formula is C9H10N2O3. The number of anilines is 1. The number of rotatable bonds is 2. The second-order valence-corrected chi connectivity index (χ2v) is 2.70. The molecule has 3 N–H and O–H groups in total. The van der Waals surface area contributed by atoms with E-state index in [2.05, 4.69) is 5.32 Å². The van der Waals surface area contributed by atoms with Crippen molar-refractivity contribution in [3.05, 3.63) is 29.8 Å². The molecule has 0 bridgehead atoms. The normalized spacial score (nSPS) is 9.29. The van der Waals surface area contributed by atoms with E-state index < -0.39 is 5.91 Å². The van der Waals surface area contributed by atoms with Crippen molar-refractivity contribution in [1.82, 2.24) is 5.48 Å². The fraction of sp³-hybridized carbons (Fsp3) is 0.111. The zero-order valence-corrected chi connectivity index (χ0v) is 7.57. The SMILES string of the molecule is CC(=O)Nc1ccc(C(=O)NO)cc1. The van der Waals surface area contributed by atoms with Crippen LogP contribution in [-0.4, -0.2) is 17.0 Å². The highest BCUT2D eigenvalue weighted by molar-refractivity contribution is 5.94. The van der Waals surface area contributed by atoms with Gasteiger partial charge in [0.15, 0.2) is 0 Å². The van der Waals surface area contributed by atoms with Gasteiger partial charge < -0.3 is 5.32 Å². The van der Waals surface area contributed by atoms with Crippen LogP contribution in [0.1, 0.15) is 17.3 Å². The summed E-state index contributed by atoms with van der Waals surface area (Å²) in [4.78, 5) is 21.6. The number of amides is 2. The van der Waals surface area contributed by atoms with E-state index >= 15 is 0 Å². The molecule has 0 heterocycles. The molecule has 74 valence electrons. The van der Waals surface area contributed by atoms with Crippen molar-refractivity contribution in [2.24, 2.45) is 0 Å². The average Bonchev–Trinajstić information content (AvgIpc) is 2.17. The highest BCUT2D eigenvalue weighted by atomic mass is 16.5. The molecule has 0 unspecified atom stereocenters. The van der Waals surface area contributed by atoms with Crippen LogP contribution in [0.15, 0.2) is 24.3 Å². The van der Waals surface area contributed by atoms with Gasteiger partial charge in [0.25, 0.3) is 5.91 Å². The van der Waals surface area contributed by atoms with Crippen molar-refractivity contribution in [2.75, 3.05) is 5.32 Å². The van der Waals surface area contributed by atoms with Gasteiger partial charge in [-0.1, -0.05) is 0 Å². The minimum absolute atomic E-state index is 0.177. The molecule has 1 aromatic carbocycles. The number of hydrogen-bond acceptors (Lipinski definition) is 3. The summed E-state index contributed by atoms with van der Waals surface area (Å²) in [6, 6.07) is 6.14. The summed E-state index contributed by atoms with van der Waals surface area (Å²) in [7, 11) is 0. The second-order valence-electron chi connectivity index (χ2n) is 2.70. The third-order valence-corrected chi connectivity index (χ3v) is 1.57. The largest absolute Gasteiger partial charge is 0.326 e. The first-order valence-electron chi connectivity index (χ1n) is 3.95. The second kappa shape index (κ2) is 4.38. The van der Waals surface area contributed by atoms with Gasteiger partial charge in [-0.3, -0.25) is 14.8 Å². The lowest BCUT2D eigenvalue weighted by Gasteiger charge is -2.02. The predicted octanol–water partition coefficient (Wildman–Crippen LogP) is 0.764. The van der Waals surface area contributed by atoms with E-state index in [4.69, 9.17) is 5.21 Å². The van der Waals surface area contributed by atoms with Crippen molar-refractivity contribution in [3.63, 3.8) is 0 Å². The Morgan fingerprint density at radius 2 is 1.79 bits per heavy atom. The number of carbonyl (C=O) groups excluding carboxylic acids is 2. The molecule has 0 atom stereocenters. The third kappa shape index (κ3) is 2.56. The van der Waals surface area contributed by atoms with Crippen molar-refractivity contribution in [3.8, 4) is 0 Å². The highest BCUT2D eigenvalue weighted by Gasteiger charge is 2.03. The molecule has 0 saturated carbocycles. The van der Waals surface area contributed by atoms with E-state index in [0.717, 1.165) is 0 Å². The molecule has 2 amide bonds. The van der Waals surface area contributed by atoms with Crippen LogP contribution in [-0.2, 0) is 4.79 Å². The van der Waals surface area contributed by atoms with Gasteiger partial charge in [-0.2, -0.15) is 0 Å². The van der Waals surface area contributed by atoms with Crippen molar-refractivity contribution >= 4 is 17.5 Å². The summed E-state index contributed by atoms with van der Waals surface area (Å²) in [6.45, 7) is 1.40. The Bertz CT molecular complexity index is 346. The third-order valence-electron chi connectivity index (χ3n) is 1.57. The van der Waals surface area contributed by atoms with Crippen LogP contribution >= 0.6 is 0 Å². The standard InChI is InChI=1S/C9H10N2O3/c1-6(12)10-8-4-2-7(3-5-8)9(13)11-14/h2-5,14H,1H3,(H,10,12)(H,11,13). The van der Waals surface area contributed by atoms with Gasteiger partial charge in [0.05, 0.1) is 0 Å². The van der Waals surface area contributed by atoms with Gasteiger partial charge in [-0.05, 0) is 24.3 Å². The van der Waals surface area contributed by atoms with Crippen molar-refractivity contribution < 1.29 is 14.8 Å². The van der Waals surface area contributed by atoms with Crippen molar-refractivity contribution in [1.29, 1.82) is 0 Å². The number of hydrogen-bond donors (Lipinski definition) is 3. The van der Waals surface area contributed by atoms with Crippen LogP contribution < -0.4 is 10.8 Å². The number of nitrogens with one attached hydrogen (secondary N) is 2. The maximum atomic E-state index is 10.9. The zero-order valence-electron chi connectivity index (χ0n) is 7.57. The van der Waals surface area contributed by atoms with Crippen LogP contribution in [0, 0.1) is 0 Å². The number of benzene rings is 1. The molecular weight excluding hydrogens is 184 g/mol. The van der Waals surface area contributed by atoms with Gasteiger partial charge in [0, 0.05) is 18.2 Å². The summed E-state index contributed by atoms with van der Waals surface area (Å²) in [5.74, 6) is -0.760. The molecule has 1 aromatic rings. The van der Waals surface area contributed by atoms with Gasteiger partial charge in [-0.15, -0.1) is 0 Å². The number of hydroxylamine groups is 1. The van der Waals surface area contributed by atoms with Gasteiger partial charge in [0.1, 0.15) is 0 Å². The molecule has 0 fully saturated rings. The molecule has 14 heavy (non-hydrogen) atoms.